The van der Waals surface area contributed by atoms with Gasteiger partial charge in [0.15, 0.2) is 0 Å². The average Bonchev–Trinajstić information content (AvgIpc) is 2.48. The summed E-state index contributed by atoms with van der Waals surface area (Å²) in [6, 6.07) is 9.32. The number of nitrogens with one attached hydrogen (secondary N) is 1. The Balaban J connectivity index is 1.84. The molecule has 5 nitrogen and oxygen atoms in total. The number of aliphatic hydroxyl groups is 1. The van der Waals surface area contributed by atoms with Crippen molar-refractivity contribution >= 4 is 5.91 Å². The summed E-state index contributed by atoms with van der Waals surface area (Å²) in [6.07, 6.45) is 2.12. The van der Waals surface area contributed by atoms with Gasteiger partial charge in [0.25, 0.3) is 5.91 Å². The third-order valence-electron chi connectivity index (χ3n) is 2.94. The van der Waals surface area contributed by atoms with E-state index in [1.807, 2.05) is 31.2 Å². The van der Waals surface area contributed by atoms with Crippen molar-refractivity contribution in [3.63, 3.8) is 0 Å². The van der Waals surface area contributed by atoms with Crippen molar-refractivity contribution in [2.45, 2.75) is 20.0 Å². The molecule has 0 spiro atoms. The molecule has 0 fully saturated rings. The lowest BCUT2D eigenvalue weighted by atomic mass is 10.1. The number of rotatable bonds is 5. The van der Waals surface area contributed by atoms with Crippen molar-refractivity contribution in [2.75, 3.05) is 6.54 Å². The fraction of sp³-hybridized carbons (Fsp3) is 0.267. The van der Waals surface area contributed by atoms with Crippen molar-refractivity contribution in [2.24, 2.45) is 0 Å². The van der Waals surface area contributed by atoms with Gasteiger partial charge in [-0.3, -0.25) is 4.79 Å². The van der Waals surface area contributed by atoms with Crippen LogP contribution in [0.1, 0.15) is 27.3 Å². The van der Waals surface area contributed by atoms with Crippen LogP contribution >= 0.6 is 0 Å². The van der Waals surface area contributed by atoms with Crippen LogP contribution in [-0.4, -0.2) is 27.5 Å². The predicted octanol–water partition coefficient (Wildman–Crippen LogP) is 1.25. The van der Waals surface area contributed by atoms with E-state index in [0.29, 0.717) is 12.2 Å². The second kappa shape index (κ2) is 6.77. The molecule has 0 saturated heterocycles. The van der Waals surface area contributed by atoms with Crippen LogP contribution in [0.15, 0.2) is 36.7 Å². The molecule has 1 aromatic heterocycles. The minimum atomic E-state index is -0.192. The third kappa shape index (κ3) is 3.86. The fourth-order valence-corrected chi connectivity index (χ4v) is 1.80. The summed E-state index contributed by atoms with van der Waals surface area (Å²) in [5.74, 6) is -0.192. The Morgan fingerprint density at radius 1 is 1.20 bits per heavy atom. The van der Waals surface area contributed by atoms with Crippen LogP contribution in [0.5, 0.6) is 0 Å². The smallest absolute Gasteiger partial charge is 0.270 e. The van der Waals surface area contributed by atoms with Crippen LogP contribution in [0.25, 0.3) is 0 Å². The molecule has 2 aromatic rings. The molecule has 0 bridgehead atoms. The Morgan fingerprint density at radius 2 is 1.90 bits per heavy atom. The molecule has 0 aliphatic heterocycles. The molecular weight excluding hydrogens is 254 g/mol. The Kier molecular flexibility index (Phi) is 4.79. The Labute approximate surface area is 117 Å². The van der Waals surface area contributed by atoms with Crippen molar-refractivity contribution in [3.05, 3.63) is 59.2 Å². The lowest BCUT2D eigenvalue weighted by Gasteiger charge is -2.05. The molecule has 2 rings (SSSR count). The number of aromatic nitrogens is 2. The number of carbonyl (C=O) groups is 1. The summed E-state index contributed by atoms with van der Waals surface area (Å²) in [7, 11) is 0. The zero-order valence-electron chi connectivity index (χ0n) is 11.3. The molecule has 1 aromatic carbocycles. The van der Waals surface area contributed by atoms with Gasteiger partial charge in [-0.1, -0.05) is 24.3 Å². The third-order valence-corrected chi connectivity index (χ3v) is 2.94. The van der Waals surface area contributed by atoms with E-state index >= 15 is 0 Å². The molecule has 0 saturated carbocycles. The van der Waals surface area contributed by atoms with Gasteiger partial charge in [0.2, 0.25) is 0 Å². The summed E-state index contributed by atoms with van der Waals surface area (Å²) < 4.78 is 0. The van der Waals surface area contributed by atoms with Gasteiger partial charge in [-0.2, -0.15) is 0 Å². The molecule has 1 amide bonds. The van der Waals surface area contributed by atoms with Crippen LogP contribution in [0.2, 0.25) is 0 Å². The second-order valence-corrected chi connectivity index (χ2v) is 4.53. The lowest BCUT2D eigenvalue weighted by Crippen LogP contribution is -2.26. The van der Waals surface area contributed by atoms with Crippen LogP contribution in [0.3, 0.4) is 0 Å². The molecule has 0 atom stereocenters. The van der Waals surface area contributed by atoms with E-state index in [1.54, 1.807) is 6.07 Å². The molecule has 2 N–H and O–H groups in total. The first-order valence-electron chi connectivity index (χ1n) is 6.44. The zero-order valence-corrected chi connectivity index (χ0v) is 11.3. The maximum atomic E-state index is 11.9. The van der Waals surface area contributed by atoms with Crippen LogP contribution < -0.4 is 5.32 Å². The normalized spacial score (nSPS) is 10.3. The van der Waals surface area contributed by atoms with E-state index in [4.69, 9.17) is 5.11 Å². The number of carbonyl (C=O) groups excluding carboxylic acids is 1. The first kappa shape index (κ1) is 14.1. The van der Waals surface area contributed by atoms with Crippen LogP contribution in [0, 0.1) is 6.92 Å². The topological polar surface area (TPSA) is 75.1 Å². The molecule has 0 aliphatic carbocycles. The van der Waals surface area contributed by atoms with E-state index in [2.05, 4.69) is 15.3 Å². The largest absolute Gasteiger partial charge is 0.392 e. The zero-order chi connectivity index (χ0) is 14.4. The predicted molar refractivity (Wildman–Crippen MR) is 75.2 cm³/mol. The number of hydrogen-bond acceptors (Lipinski definition) is 4. The van der Waals surface area contributed by atoms with Crippen LogP contribution in [-0.2, 0) is 13.0 Å². The number of hydrogen-bond donors (Lipinski definition) is 2. The average molecular weight is 271 g/mol. The van der Waals surface area contributed by atoms with Gasteiger partial charge < -0.3 is 10.4 Å². The van der Waals surface area contributed by atoms with Gasteiger partial charge in [0.1, 0.15) is 12.0 Å². The highest BCUT2D eigenvalue weighted by Crippen LogP contribution is 2.04. The molecule has 104 valence electrons. The monoisotopic (exact) mass is 271 g/mol. The summed E-state index contributed by atoms with van der Waals surface area (Å²) in [5, 5.41) is 11.8. The van der Waals surface area contributed by atoms with Crippen LogP contribution in [0.4, 0.5) is 0 Å². The molecule has 0 radical (unpaired) electrons. The van der Waals surface area contributed by atoms with Gasteiger partial charge in [-0.05, 0) is 30.5 Å². The van der Waals surface area contributed by atoms with Gasteiger partial charge in [-0.15, -0.1) is 0 Å². The highest BCUT2D eigenvalue weighted by atomic mass is 16.3. The van der Waals surface area contributed by atoms with E-state index in [0.717, 1.165) is 23.2 Å². The summed E-state index contributed by atoms with van der Waals surface area (Å²) >= 11 is 0. The van der Waals surface area contributed by atoms with Crippen molar-refractivity contribution in [3.8, 4) is 0 Å². The quantitative estimate of drug-likeness (QED) is 0.858. The van der Waals surface area contributed by atoms with Gasteiger partial charge in [-0.25, -0.2) is 9.97 Å². The standard InChI is InChI=1S/C15H17N3O2/c1-11-8-14(18-10-17-11)15(20)16-7-6-12-2-4-13(9-19)5-3-12/h2-5,8,10,19H,6-7,9H2,1H3,(H,16,20). The minimum absolute atomic E-state index is 0.0457. The number of aliphatic hydroxyl groups excluding tert-OH is 1. The highest BCUT2D eigenvalue weighted by Gasteiger charge is 2.06. The van der Waals surface area contributed by atoms with Gasteiger partial charge >= 0.3 is 0 Å². The van der Waals surface area contributed by atoms with E-state index in [1.165, 1.54) is 6.33 Å². The molecule has 0 unspecified atom stereocenters. The lowest BCUT2D eigenvalue weighted by molar-refractivity contribution is 0.0949. The first-order chi connectivity index (χ1) is 9.69. The number of benzene rings is 1. The fourth-order valence-electron chi connectivity index (χ4n) is 1.80. The van der Waals surface area contributed by atoms with E-state index in [-0.39, 0.29) is 12.5 Å². The molecule has 20 heavy (non-hydrogen) atoms. The summed E-state index contributed by atoms with van der Waals surface area (Å²) in [6.45, 7) is 2.41. The summed E-state index contributed by atoms with van der Waals surface area (Å²) in [5.41, 5.74) is 3.15. The highest BCUT2D eigenvalue weighted by molar-refractivity contribution is 5.92. The van der Waals surface area contributed by atoms with Crippen molar-refractivity contribution < 1.29 is 9.90 Å². The second-order valence-electron chi connectivity index (χ2n) is 4.53. The summed E-state index contributed by atoms with van der Waals surface area (Å²) in [4.78, 5) is 19.7. The van der Waals surface area contributed by atoms with E-state index < -0.39 is 0 Å². The molecular formula is C15H17N3O2. The first-order valence-corrected chi connectivity index (χ1v) is 6.44. The Hall–Kier alpha value is -2.27. The van der Waals surface area contributed by atoms with E-state index in [9.17, 15) is 4.79 Å². The maximum absolute atomic E-state index is 11.9. The maximum Gasteiger partial charge on any atom is 0.270 e. The van der Waals surface area contributed by atoms with Crippen molar-refractivity contribution in [1.29, 1.82) is 0 Å². The number of amides is 1. The Morgan fingerprint density at radius 3 is 2.55 bits per heavy atom. The van der Waals surface area contributed by atoms with Gasteiger partial charge in [0, 0.05) is 12.2 Å². The van der Waals surface area contributed by atoms with Gasteiger partial charge in [0.05, 0.1) is 6.61 Å². The minimum Gasteiger partial charge on any atom is -0.392 e. The Bertz CT molecular complexity index is 582. The van der Waals surface area contributed by atoms with Crippen molar-refractivity contribution in [1.82, 2.24) is 15.3 Å². The molecule has 1 heterocycles. The number of nitrogens with zero attached hydrogens (tertiary/aromatic N) is 2. The molecule has 0 aliphatic rings. The number of aryl methyl sites for hydroxylation is 1. The SMILES string of the molecule is Cc1cc(C(=O)NCCc2ccc(CO)cc2)ncn1. The molecule has 5 heteroatoms.